The highest BCUT2D eigenvalue weighted by molar-refractivity contribution is 14.0. The van der Waals surface area contributed by atoms with Gasteiger partial charge in [-0.1, -0.05) is 0 Å². The van der Waals surface area contributed by atoms with Crippen LogP contribution in [0.25, 0.3) is 0 Å². The number of thiazole rings is 1. The van der Waals surface area contributed by atoms with Crippen molar-refractivity contribution in [2.24, 2.45) is 4.99 Å². The topological polar surface area (TPSA) is 67.1 Å². The van der Waals surface area contributed by atoms with Crippen molar-refractivity contribution in [3.63, 3.8) is 0 Å². The van der Waals surface area contributed by atoms with E-state index in [9.17, 15) is 0 Å². The van der Waals surface area contributed by atoms with Gasteiger partial charge in [0.2, 0.25) is 0 Å². The van der Waals surface area contributed by atoms with Gasteiger partial charge in [-0.2, -0.15) is 5.10 Å². The van der Waals surface area contributed by atoms with E-state index in [1.54, 1.807) is 18.4 Å². The van der Waals surface area contributed by atoms with Crippen LogP contribution < -0.4 is 10.6 Å². The monoisotopic (exact) mass is 448 g/mol. The molecular formula is C15H25IN6S. The maximum absolute atomic E-state index is 4.52. The van der Waals surface area contributed by atoms with E-state index in [1.807, 2.05) is 17.8 Å². The molecule has 2 heterocycles. The Kier molecular flexibility index (Phi) is 8.53. The molecule has 0 fully saturated rings. The van der Waals surface area contributed by atoms with Gasteiger partial charge in [0.15, 0.2) is 5.96 Å². The molecule has 6 nitrogen and oxygen atoms in total. The van der Waals surface area contributed by atoms with E-state index >= 15 is 0 Å². The van der Waals surface area contributed by atoms with E-state index < -0.39 is 0 Å². The SMILES string of the molecule is CN=C(NCCCn1cc(C)cn1)NCc1nc(C)c(C)s1.I. The largest absolute Gasteiger partial charge is 0.356 e. The Labute approximate surface area is 158 Å². The highest BCUT2D eigenvalue weighted by atomic mass is 127. The third-order valence-corrected chi connectivity index (χ3v) is 4.40. The van der Waals surface area contributed by atoms with E-state index in [2.05, 4.69) is 45.8 Å². The van der Waals surface area contributed by atoms with E-state index in [0.717, 1.165) is 36.2 Å². The van der Waals surface area contributed by atoms with Crippen molar-refractivity contribution >= 4 is 41.3 Å². The Morgan fingerprint density at radius 1 is 1.30 bits per heavy atom. The van der Waals surface area contributed by atoms with Gasteiger partial charge in [-0.25, -0.2) is 4.98 Å². The van der Waals surface area contributed by atoms with Crippen LogP contribution in [0, 0.1) is 20.8 Å². The second-order valence-electron chi connectivity index (χ2n) is 5.24. The summed E-state index contributed by atoms with van der Waals surface area (Å²) in [5.41, 5.74) is 2.30. The zero-order valence-electron chi connectivity index (χ0n) is 14.1. The summed E-state index contributed by atoms with van der Waals surface area (Å²) in [4.78, 5) is 10.0. The van der Waals surface area contributed by atoms with Crippen molar-refractivity contribution < 1.29 is 0 Å². The van der Waals surface area contributed by atoms with Crippen LogP contribution in [0.3, 0.4) is 0 Å². The first kappa shape index (κ1) is 19.9. The third kappa shape index (κ3) is 6.46. The standard InChI is InChI=1S/C15H24N6S.HI/c1-11-8-19-21(10-11)7-5-6-17-15(16-4)18-9-14-20-12(2)13(3)22-14;/h8,10H,5-7,9H2,1-4H3,(H2,16,17,18);1H. The first-order chi connectivity index (χ1) is 10.6. The maximum atomic E-state index is 4.52. The number of aromatic nitrogens is 3. The first-order valence-corrected chi connectivity index (χ1v) is 8.26. The van der Waals surface area contributed by atoms with Gasteiger partial charge in [0, 0.05) is 31.2 Å². The summed E-state index contributed by atoms with van der Waals surface area (Å²) in [5.74, 6) is 0.808. The normalized spacial score (nSPS) is 11.2. The predicted octanol–water partition coefficient (Wildman–Crippen LogP) is 2.64. The van der Waals surface area contributed by atoms with Gasteiger partial charge in [0.25, 0.3) is 0 Å². The Hall–Kier alpha value is -1.16. The van der Waals surface area contributed by atoms with Gasteiger partial charge < -0.3 is 10.6 Å². The minimum Gasteiger partial charge on any atom is -0.356 e. The summed E-state index contributed by atoms with van der Waals surface area (Å²) >= 11 is 1.73. The van der Waals surface area contributed by atoms with Crippen molar-refractivity contribution in [1.82, 2.24) is 25.4 Å². The molecule has 2 N–H and O–H groups in total. The molecule has 0 aliphatic rings. The number of guanidine groups is 1. The second-order valence-corrected chi connectivity index (χ2v) is 6.52. The van der Waals surface area contributed by atoms with Crippen molar-refractivity contribution in [2.75, 3.05) is 13.6 Å². The van der Waals surface area contributed by atoms with Crippen molar-refractivity contribution in [1.29, 1.82) is 0 Å². The predicted molar refractivity (Wildman–Crippen MR) is 107 cm³/mol. The Morgan fingerprint density at radius 3 is 2.65 bits per heavy atom. The van der Waals surface area contributed by atoms with E-state index in [1.165, 1.54) is 10.4 Å². The lowest BCUT2D eigenvalue weighted by atomic mass is 10.4. The molecule has 23 heavy (non-hydrogen) atoms. The number of hydrogen-bond acceptors (Lipinski definition) is 4. The van der Waals surface area contributed by atoms with Gasteiger partial charge >= 0.3 is 0 Å². The lowest BCUT2D eigenvalue weighted by molar-refractivity contribution is 0.570. The maximum Gasteiger partial charge on any atom is 0.191 e. The number of aryl methyl sites for hydroxylation is 4. The van der Waals surface area contributed by atoms with Crippen LogP contribution in [0.2, 0.25) is 0 Å². The molecule has 0 unspecified atom stereocenters. The molecule has 2 aromatic heterocycles. The summed E-state index contributed by atoms with van der Waals surface area (Å²) in [6.07, 6.45) is 4.93. The van der Waals surface area contributed by atoms with Crippen LogP contribution in [0.5, 0.6) is 0 Å². The number of hydrogen-bond donors (Lipinski definition) is 2. The molecule has 0 aliphatic heterocycles. The second kappa shape index (κ2) is 9.86. The summed E-state index contributed by atoms with van der Waals surface area (Å²) in [7, 11) is 1.78. The first-order valence-electron chi connectivity index (χ1n) is 7.45. The average Bonchev–Trinajstić information content (AvgIpc) is 3.04. The van der Waals surface area contributed by atoms with E-state index in [0.29, 0.717) is 6.54 Å². The van der Waals surface area contributed by atoms with Gasteiger partial charge in [-0.05, 0) is 32.8 Å². The molecule has 0 saturated carbocycles. The van der Waals surface area contributed by atoms with Crippen molar-refractivity contribution in [3.8, 4) is 0 Å². The molecule has 0 bridgehead atoms. The molecule has 2 aromatic rings. The molecule has 0 radical (unpaired) electrons. The molecule has 0 aromatic carbocycles. The zero-order chi connectivity index (χ0) is 15.9. The van der Waals surface area contributed by atoms with Gasteiger partial charge in [-0.3, -0.25) is 9.67 Å². The number of aliphatic imine (C=N–C) groups is 1. The van der Waals surface area contributed by atoms with Crippen molar-refractivity contribution in [2.45, 2.75) is 40.3 Å². The molecule has 0 aliphatic carbocycles. The minimum absolute atomic E-state index is 0. The lowest BCUT2D eigenvalue weighted by Crippen LogP contribution is -2.37. The molecule has 128 valence electrons. The molecule has 0 amide bonds. The highest BCUT2D eigenvalue weighted by Gasteiger charge is 2.04. The van der Waals surface area contributed by atoms with Gasteiger partial charge in [-0.15, -0.1) is 35.3 Å². The number of nitrogens with zero attached hydrogens (tertiary/aromatic N) is 4. The Morgan fingerprint density at radius 2 is 2.09 bits per heavy atom. The molecule has 2 rings (SSSR count). The van der Waals surface area contributed by atoms with Crippen LogP contribution in [-0.2, 0) is 13.1 Å². The smallest absolute Gasteiger partial charge is 0.191 e. The fourth-order valence-corrected chi connectivity index (χ4v) is 2.91. The Bertz CT molecular complexity index is 614. The molecular weight excluding hydrogens is 423 g/mol. The van der Waals surface area contributed by atoms with Crippen LogP contribution in [0.1, 0.15) is 27.6 Å². The summed E-state index contributed by atoms with van der Waals surface area (Å²) < 4.78 is 1.97. The number of nitrogens with one attached hydrogen (secondary N) is 2. The summed E-state index contributed by atoms with van der Waals surface area (Å²) in [5, 5.41) is 12.0. The van der Waals surface area contributed by atoms with Crippen LogP contribution in [0.4, 0.5) is 0 Å². The quantitative estimate of drug-likeness (QED) is 0.309. The average molecular weight is 448 g/mol. The molecule has 0 saturated heterocycles. The summed E-state index contributed by atoms with van der Waals surface area (Å²) in [6, 6.07) is 0. The van der Waals surface area contributed by atoms with Gasteiger partial charge in [0.1, 0.15) is 5.01 Å². The lowest BCUT2D eigenvalue weighted by Gasteiger charge is -2.10. The van der Waals surface area contributed by atoms with Crippen LogP contribution >= 0.6 is 35.3 Å². The van der Waals surface area contributed by atoms with Gasteiger partial charge in [0.05, 0.1) is 18.4 Å². The Balaban J connectivity index is 0.00000264. The van der Waals surface area contributed by atoms with E-state index in [4.69, 9.17) is 0 Å². The minimum atomic E-state index is 0. The van der Waals surface area contributed by atoms with Crippen molar-refractivity contribution in [3.05, 3.63) is 33.5 Å². The van der Waals surface area contributed by atoms with Crippen LogP contribution in [0.15, 0.2) is 17.4 Å². The molecule has 0 atom stereocenters. The molecule has 0 spiro atoms. The number of halogens is 1. The number of rotatable bonds is 6. The fourth-order valence-electron chi connectivity index (χ4n) is 2.03. The van der Waals surface area contributed by atoms with E-state index in [-0.39, 0.29) is 24.0 Å². The molecule has 8 heteroatoms. The van der Waals surface area contributed by atoms with Crippen LogP contribution in [-0.4, -0.2) is 34.3 Å². The third-order valence-electron chi connectivity index (χ3n) is 3.32. The highest BCUT2D eigenvalue weighted by Crippen LogP contribution is 2.15. The fraction of sp³-hybridized carbons (Fsp3) is 0.533. The summed E-state index contributed by atoms with van der Waals surface area (Å²) in [6.45, 7) is 8.66. The zero-order valence-corrected chi connectivity index (χ0v) is 17.2.